The van der Waals surface area contributed by atoms with Crippen molar-refractivity contribution in [2.45, 2.75) is 6.04 Å². The minimum atomic E-state index is -0.334. The van der Waals surface area contributed by atoms with E-state index in [2.05, 4.69) is 5.32 Å². The molecule has 2 aromatic carbocycles. The summed E-state index contributed by atoms with van der Waals surface area (Å²) in [5, 5.41) is 4.52. The van der Waals surface area contributed by atoms with E-state index in [1.54, 1.807) is 19.2 Å². The maximum Gasteiger partial charge on any atom is 0.123 e. The highest BCUT2D eigenvalue weighted by atomic mass is 35.5. The minimum Gasteiger partial charge on any atom is -0.309 e. The van der Waals surface area contributed by atoms with Gasteiger partial charge in [-0.1, -0.05) is 40.9 Å². The smallest absolute Gasteiger partial charge is 0.123 e. The summed E-state index contributed by atoms with van der Waals surface area (Å²) >= 11 is 18.0. The van der Waals surface area contributed by atoms with E-state index < -0.39 is 0 Å². The summed E-state index contributed by atoms with van der Waals surface area (Å²) in [5.74, 6) is -0.334. The van der Waals surface area contributed by atoms with Gasteiger partial charge in [0.25, 0.3) is 0 Å². The van der Waals surface area contributed by atoms with Crippen molar-refractivity contribution in [3.8, 4) is 0 Å². The fraction of sp³-hybridized carbons (Fsp3) is 0.143. The van der Waals surface area contributed by atoms with Crippen molar-refractivity contribution < 1.29 is 4.39 Å². The first-order valence-corrected chi connectivity index (χ1v) is 6.73. The maximum atomic E-state index is 13.4. The van der Waals surface area contributed by atoms with Crippen LogP contribution < -0.4 is 5.32 Å². The summed E-state index contributed by atoms with van der Waals surface area (Å²) in [4.78, 5) is 0. The van der Waals surface area contributed by atoms with E-state index in [4.69, 9.17) is 34.8 Å². The standard InChI is InChI=1S/C14H11Cl3FN/c1-19-14(8-2-4-12(16)13(17)6-8)10-7-9(18)3-5-11(10)15/h2-7,14,19H,1H3. The van der Waals surface area contributed by atoms with Crippen LogP contribution >= 0.6 is 34.8 Å². The molecule has 0 spiro atoms. The van der Waals surface area contributed by atoms with E-state index in [1.807, 2.05) is 6.07 Å². The van der Waals surface area contributed by atoms with Crippen LogP contribution in [0.1, 0.15) is 17.2 Å². The number of rotatable bonds is 3. The molecule has 0 radical (unpaired) electrons. The average molecular weight is 319 g/mol. The summed E-state index contributed by atoms with van der Waals surface area (Å²) in [5.41, 5.74) is 1.52. The van der Waals surface area contributed by atoms with Gasteiger partial charge in [0, 0.05) is 5.02 Å². The van der Waals surface area contributed by atoms with Crippen molar-refractivity contribution in [1.82, 2.24) is 5.32 Å². The van der Waals surface area contributed by atoms with Gasteiger partial charge in [-0.15, -0.1) is 0 Å². The van der Waals surface area contributed by atoms with E-state index >= 15 is 0 Å². The van der Waals surface area contributed by atoms with Gasteiger partial charge in [0.15, 0.2) is 0 Å². The molecular weight excluding hydrogens is 308 g/mol. The number of hydrogen-bond acceptors (Lipinski definition) is 1. The Morgan fingerprint density at radius 1 is 0.947 bits per heavy atom. The van der Waals surface area contributed by atoms with Gasteiger partial charge in [-0.05, 0) is 48.5 Å². The third-order valence-electron chi connectivity index (χ3n) is 2.83. The van der Waals surface area contributed by atoms with E-state index in [0.29, 0.717) is 20.6 Å². The molecule has 0 aliphatic heterocycles. The highest BCUT2D eigenvalue weighted by Gasteiger charge is 2.17. The van der Waals surface area contributed by atoms with Crippen LogP contribution in [0.2, 0.25) is 15.1 Å². The lowest BCUT2D eigenvalue weighted by Gasteiger charge is -2.19. The zero-order valence-electron chi connectivity index (χ0n) is 10.1. The Hall–Kier alpha value is -0.800. The van der Waals surface area contributed by atoms with Crippen molar-refractivity contribution >= 4 is 34.8 Å². The van der Waals surface area contributed by atoms with Crippen LogP contribution in [0.15, 0.2) is 36.4 Å². The number of hydrogen-bond donors (Lipinski definition) is 1. The summed E-state index contributed by atoms with van der Waals surface area (Å²) in [7, 11) is 1.77. The zero-order chi connectivity index (χ0) is 14.0. The molecule has 0 aliphatic rings. The first-order chi connectivity index (χ1) is 9.02. The molecule has 2 aromatic rings. The van der Waals surface area contributed by atoms with Crippen molar-refractivity contribution in [3.05, 3.63) is 68.4 Å². The fourth-order valence-electron chi connectivity index (χ4n) is 1.93. The molecule has 0 amide bonds. The third-order valence-corrected chi connectivity index (χ3v) is 3.92. The molecule has 1 atom stereocenters. The Morgan fingerprint density at radius 2 is 1.63 bits per heavy atom. The minimum absolute atomic E-state index is 0.252. The molecule has 0 aliphatic carbocycles. The molecule has 0 saturated heterocycles. The summed E-state index contributed by atoms with van der Waals surface area (Å²) in [6, 6.07) is 9.30. The molecule has 0 aromatic heterocycles. The molecule has 19 heavy (non-hydrogen) atoms. The van der Waals surface area contributed by atoms with E-state index in [0.717, 1.165) is 5.56 Å². The first kappa shape index (κ1) is 14.6. The number of nitrogens with one attached hydrogen (secondary N) is 1. The lowest BCUT2D eigenvalue weighted by atomic mass is 9.98. The predicted molar refractivity (Wildman–Crippen MR) is 78.8 cm³/mol. The summed E-state index contributed by atoms with van der Waals surface area (Å²) < 4.78 is 13.4. The van der Waals surface area contributed by atoms with Crippen molar-refractivity contribution in [1.29, 1.82) is 0 Å². The van der Waals surface area contributed by atoms with Crippen LogP contribution in [-0.4, -0.2) is 7.05 Å². The van der Waals surface area contributed by atoms with Gasteiger partial charge in [-0.2, -0.15) is 0 Å². The molecule has 100 valence electrons. The van der Waals surface area contributed by atoms with Crippen LogP contribution in [-0.2, 0) is 0 Å². The van der Waals surface area contributed by atoms with Gasteiger partial charge in [-0.25, -0.2) is 4.39 Å². The van der Waals surface area contributed by atoms with Gasteiger partial charge < -0.3 is 5.32 Å². The van der Waals surface area contributed by atoms with Crippen molar-refractivity contribution in [2.24, 2.45) is 0 Å². The molecule has 1 unspecified atom stereocenters. The van der Waals surface area contributed by atoms with Crippen LogP contribution in [0.3, 0.4) is 0 Å². The van der Waals surface area contributed by atoms with Gasteiger partial charge in [0.2, 0.25) is 0 Å². The van der Waals surface area contributed by atoms with Crippen LogP contribution in [0.4, 0.5) is 4.39 Å². The van der Waals surface area contributed by atoms with Crippen LogP contribution in [0.5, 0.6) is 0 Å². The van der Waals surface area contributed by atoms with Gasteiger partial charge >= 0.3 is 0 Å². The van der Waals surface area contributed by atoms with Crippen molar-refractivity contribution in [3.63, 3.8) is 0 Å². The Balaban J connectivity index is 2.49. The summed E-state index contributed by atoms with van der Waals surface area (Å²) in [6.45, 7) is 0. The second-order valence-corrected chi connectivity index (χ2v) is 5.28. The largest absolute Gasteiger partial charge is 0.309 e. The second kappa shape index (κ2) is 6.10. The SMILES string of the molecule is CNC(c1ccc(Cl)c(Cl)c1)c1cc(F)ccc1Cl. The molecular formula is C14H11Cl3FN. The molecule has 0 saturated carbocycles. The van der Waals surface area contributed by atoms with Crippen LogP contribution in [0.25, 0.3) is 0 Å². The number of benzene rings is 2. The molecule has 0 bridgehead atoms. The highest BCUT2D eigenvalue weighted by molar-refractivity contribution is 6.42. The topological polar surface area (TPSA) is 12.0 Å². The Kier molecular flexibility index (Phi) is 4.69. The molecule has 1 N–H and O–H groups in total. The summed E-state index contributed by atoms with van der Waals surface area (Å²) in [6.07, 6.45) is 0. The normalized spacial score (nSPS) is 12.5. The maximum absolute atomic E-state index is 13.4. The predicted octanol–water partition coefficient (Wildman–Crippen LogP) is 5.09. The fourth-order valence-corrected chi connectivity index (χ4v) is 2.46. The van der Waals surface area contributed by atoms with E-state index in [-0.39, 0.29) is 11.9 Å². The Morgan fingerprint density at radius 3 is 2.26 bits per heavy atom. The molecule has 2 rings (SSSR count). The zero-order valence-corrected chi connectivity index (χ0v) is 12.3. The second-order valence-electron chi connectivity index (χ2n) is 4.06. The average Bonchev–Trinajstić information content (AvgIpc) is 2.38. The Bertz CT molecular complexity index is 601. The van der Waals surface area contributed by atoms with E-state index in [1.165, 1.54) is 18.2 Å². The van der Waals surface area contributed by atoms with Gasteiger partial charge in [-0.3, -0.25) is 0 Å². The lowest BCUT2D eigenvalue weighted by molar-refractivity contribution is 0.617. The van der Waals surface area contributed by atoms with Crippen molar-refractivity contribution in [2.75, 3.05) is 7.05 Å². The molecule has 5 heteroatoms. The lowest BCUT2D eigenvalue weighted by Crippen LogP contribution is -2.18. The molecule has 0 fully saturated rings. The monoisotopic (exact) mass is 317 g/mol. The molecule has 0 heterocycles. The Labute approximate surface area is 126 Å². The van der Waals surface area contributed by atoms with Gasteiger partial charge in [0.1, 0.15) is 5.82 Å². The first-order valence-electron chi connectivity index (χ1n) is 5.60. The van der Waals surface area contributed by atoms with Gasteiger partial charge in [0.05, 0.1) is 16.1 Å². The number of halogens is 4. The van der Waals surface area contributed by atoms with E-state index in [9.17, 15) is 4.39 Å². The van der Waals surface area contributed by atoms with Crippen LogP contribution in [0, 0.1) is 5.82 Å². The quantitative estimate of drug-likeness (QED) is 0.830. The third kappa shape index (κ3) is 3.21. The molecule has 1 nitrogen and oxygen atoms in total. The highest BCUT2D eigenvalue weighted by Crippen LogP contribution is 2.32.